The predicted octanol–water partition coefficient (Wildman–Crippen LogP) is 8.46. The van der Waals surface area contributed by atoms with Crippen molar-refractivity contribution < 1.29 is 67.2 Å². The average molecular weight is 1120 g/mol. The summed E-state index contributed by atoms with van der Waals surface area (Å²) in [7, 11) is 1.34. The zero-order valence-corrected chi connectivity index (χ0v) is 49.8. The number of phenolic OH excluding ortho intramolecular Hbond substituents is 1. The average Bonchev–Trinajstić information content (AvgIpc) is 3.33. The van der Waals surface area contributed by atoms with Crippen LogP contribution >= 0.6 is 0 Å². The Kier molecular flexibility index (Phi) is 26.2. The number of hydrogen-bond acceptors (Lipinski definition) is 14. The van der Waals surface area contributed by atoms with Gasteiger partial charge in [0.05, 0.1) is 6.04 Å². The van der Waals surface area contributed by atoms with Gasteiger partial charge in [0.25, 0.3) is 0 Å². The number of hydrogen-bond donors (Lipinski definition) is 6. The van der Waals surface area contributed by atoms with Crippen LogP contribution in [0.15, 0.2) is 36.4 Å². The molecule has 2 aromatic carbocycles. The molecule has 0 saturated carbocycles. The van der Waals surface area contributed by atoms with Crippen molar-refractivity contribution >= 4 is 53.7 Å². The summed E-state index contributed by atoms with van der Waals surface area (Å²) in [5.74, 6) is -4.46. The fraction of sp³-hybridized carbons (Fsp3) is 0.644. The minimum absolute atomic E-state index is 0.0202. The Morgan fingerprint density at radius 2 is 1.36 bits per heavy atom. The van der Waals surface area contributed by atoms with Crippen molar-refractivity contribution in [3.8, 4) is 22.6 Å². The normalized spacial score (nSPS) is 16.5. The van der Waals surface area contributed by atoms with E-state index in [2.05, 4.69) is 33.5 Å². The van der Waals surface area contributed by atoms with Gasteiger partial charge in [-0.1, -0.05) is 64.0 Å². The number of benzene rings is 2. The number of carbonyl (C=O) groups is 9. The minimum atomic E-state index is -1.58. The Labute approximate surface area is 473 Å². The number of unbranched alkanes of at least 4 members (excludes halogenated alkanes) is 8. The van der Waals surface area contributed by atoms with Gasteiger partial charge in [-0.05, 0) is 144 Å². The molecular formula is C59H91N7O14. The third-order valence-corrected chi connectivity index (χ3v) is 12.8. The van der Waals surface area contributed by atoms with E-state index in [0.29, 0.717) is 24.9 Å². The Bertz CT molecular complexity index is 2460. The second-order valence-electron chi connectivity index (χ2n) is 23.6. The number of phenols is 1. The molecule has 2 aromatic rings. The standard InChI is InChI=1S/C59H91N7O14/c1-15-16-17-18-19-20-21-24-32-66(55(75)79-58(8,9)10)33-30-48(69)63-44(25-22-23-31-60-54(74)78-57(5,6)7)53(73)65(14)49-41-27-29-47(77-56(76)80-59(11,12)13)43(36-41)42-34-40(26-28-46(42)68)35-45(51(71)61-37(2)39(4)67)64-50(70)38(3)62-52(49)72/h26-29,34,36-38,44-45,49,68H,15-25,30-33,35H2,1-14H3,(H,60,74)(H,61,71)(H,62,72)(H,63,69)(H,64,70). The molecule has 6 N–H and O–H groups in total. The highest BCUT2D eigenvalue weighted by Gasteiger charge is 2.37. The van der Waals surface area contributed by atoms with Gasteiger partial charge in [-0.3, -0.25) is 28.8 Å². The van der Waals surface area contributed by atoms with Gasteiger partial charge in [0, 0.05) is 50.7 Å². The van der Waals surface area contributed by atoms with Gasteiger partial charge in [0.1, 0.15) is 52.5 Å². The molecule has 1 aliphatic heterocycles. The molecule has 7 amide bonds. The zero-order chi connectivity index (χ0) is 60.1. The number of ether oxygens (including phenoxy) is 4. The number of alkyl carbamates (subject to hydrolysis) is 1. The van der Waals surface area contributed by atoms with Crippen LogP contribution < -0.4 is 31.3 Å². The van der Waals surface area contributed by atoms with E-state index in [1.165, 1.54) is 82.0 Å². The fourth-order valence-corrected chi connectivity index (χ4v) is 8.54. The van der Waals surface area contributed by atoms with Crippen molar-refractivity contribution in [2.24, 2.45) is 0 Å². The van der Waals surface area contributed by atoms with Crippen molar-refractivity contribution in [3.05, 3.63) is 47.5 Å². The molecule has 80 heavy (non-hydrogen) atoms. The third kappa shape index (κ3) is 23.8. The zero-order valence-electron chi connectivity index (χ0n) is 49.8. The smallest absolute Gasteiger partial charge is 0.507 e. The maximum Gasteiger partial charge on any atom is 0.514 e. The molecule has 0 aromatic heterocycles. The van der Waals surface area contributed by atoms with Gasteiger partial charge in [-0.15, -0.1) is 0 Å². The quantitative estimate of drug-likeness (QED) is 0.0249. The Hall–Kier alpha value is -6.93. The number of amides is 7. The Morgan fingerprint density at radius 3 is 1.98 bits per heavy atom. The summed E-state index contributed by atoms with van der Waals surface area (Å²) in [4.78, 5) is 126. The van der Waals surface area contributed by atoms with E-state index in [-0.39, 0.29) is 72.7 Å². The van der Waals surface area contributed by atoms with Crippen molar-refractivity contribution in [3.63, 3.8) is 0 Å². The Balaban J connectivity index is 2.14. The molecule has 3 rings (SSSR count). The summed E-state index contributed by atoms with van der Waals surface area (Å²) in [6.07, 6.45) is 6.32. The number of nitrogens with zero attached hydrogens (tertiary/aromatic N) is 2. The highest BCUT2D eigenvalue weighted by Crippen LogP contribution is 2.40. The lowest BCUT2D eigenvalue weighted by atomic mass is 9.93. The van der Waals surface area contributed by atoms with Crippen LogP contribution in [-0.2, 0) is 49.4 Å². The van der Waals surface area contributed by atoms with E-state index in [4.69, 9.17) is 18.9 Å². The van der Waals surface area contributed by atoms with Crippen molar-refractivity contribution in [1.82, 2.24) is 36.4 Å². The first-order valence-electron chi connectivity index (χ1n) is 28.1. The van der Waals surface area contributed by atoms with Crippen LogP contribution in [0.25, 0.3) is 11.1 Å². The summed E-state index contributed by atoms with van der Waals surface area (Å²) in [5.41, 5.74) is -1.84. The first-order chi connectivity index (χ1) is 37.3. The lowest BCUT2D eigenvalue weighted by Gasteiger charge is -2.33. The molecular weight excluding hydrogens is 1030 g/mol. The monoisotopic (exact) mass is 1120 g/mol. The molecule has 0 aliphatic carbocycles. The van der Waals surface area contributed by atoms with Crippen molar-refractivity contribution in [1.29, 1.82) is 0 Å². The SMILES string of the molecule is CCCCCCCCCCN(CCC(=O)NC(CCCCNC(=O)OC(C)(C)C)C(=O)N(C)C1C(=O)NC(C)C(=O)NC(C(=O)NC(C)C(C)=O)Cc2ccc(O)c(c2)-c2cc1ccc2OC(=O)OC(C)(C)C)C(=O)OC(C)(C)C. The molecule has 5 unspecified atom stereocenters. The third-order valence-electron chi connectivity index (χ3n) is 12.8. The van der Waals surface area contributed by atoms with E-state index in [9.17, 15) is 43.5 Å². The first-order valence-corrected chi connectivity index (χ1v) is 28.1. The number of ketones is 1. The van der Waals surface area contributed by atoms with Crippen LogP contribution in [0.1, 0.15) is 184 Å². The highest BCUT2D eigenvalue weighted by molar-refractivity contribution is 5.97. The molecule has 1 heterocycles. The van der Waals surface area contributed by atoms with E-state index in [1.54, 1.807) is 62.3 Å². The van der Waals surface area contributed by atoms with Gasteiger partial charge in [-0.2, -0.15) is 0 Å². The summed E-state index contributed by atoms with van der Waals surface area (Å²) in [6, 6.07) is 2.20. The molecule has 0 fully saturated rings. The van der Waals surface area contributed by atoms with Crippen molar-refractivity contribution in [2.75, 3.05) is 26.7 Å². The molecule has 0 saturated heterocycles. The van der Waals surface area contributed by atoms with E-state index >= 15 is 4.79 Å². The van der Waals surface area contributed by atoms with Gasteiger partial charge >= 0.3 is 18.3 Å². The van der Waals surface area contributed by atoms with Crippen LogP contribution in [0.2, 0.25) is 0 Å². The number of fused-ring (bicyclic) bond motifs is 5. The van der Waals surface area contributed by atoms with E-state index in [1.807, 2.05) is 0 Å². The summed E-state index contributed by atoms with van der Waals surface area (Å²) >= 11 is 0. The number of Topliss-reactive ketones (excluding diaryl/α,β-unsaturated/α-hetero) is 1. The molecule has 21 nitrogen and oxygen atoms in total. The number of carbonyl (C=O) groups excluding carboxylic acids is 9. The van der Waals surface area contributed by atoms with Crippen LogP contribution in [0.5, 0.6) is 11.5 Å². The second kappa shape index (κ2) is 31.2. The highest BCUT2D eigenvalue weighted by atomic mass is 16.7. The summed E-state index contributed by atoms with van der Waals surface area (Å²) in [6.45, 7) is 22.2. The second-order valence-corrected chi connectivity index (χ2v) is 23.6. The van der Waals surface area contributed by atoms with Gasteiger partial charge in [-0.25, -0.2) is 14.4 Å². The van der Waals surface area contributed by atoms with Crippen LogP contribution in [0, 0.1) is 0 Å². The molecule has 446 valence electrons. The van der Waals surface area contributed by atoms with Crippen LogP contribution in [-0.4, -0.2) is 136 Å². The number of aromatic hydroxyl groups is 1. The molecule has 21 heteroatoms. The molecule has 4 bridgehead atoms. The predicted molar refractivity (Wildman–Crippen MR) is 302 cm³/mol. The molecule has 0 spiro atoms. The Morgan fingerprint density at radius 1 is 0.738 bits per heavy atom. The van der Waals surface area contributed by atoms with E-state index < -0.39 is 94.9 Å². The van der Waals surface area contributed by atoms with Gasteiger partial charge in [0.2, 0.25) is 29.5 Å². The molecule has 5 atom stereocenters. The number of rotatable bonds is 24. The number of nitrogens with one attached hydrogen (secondary N) is 5. The topological polar surface area (TPSA) is 277 Å². The molecule has 0 radical (unpaired) electrons. The maximum atomic E-state index is 15.1. The van der Waals surface area contributed by atoms with Gasteiger partial charge < -0.3 is 60.4 Å². The minimum Gasteiger partial charge on any atom is -0.507 e. The lowest BCUT2D eigenvalue weighted by Crippen LogP contribution is -2.56. The summed E-state index contributed by atoms with van der Waals surface area (Å²) in [5, 5.41) is 25.0. The fourth-order valence-electron chi connectivity index (χ4n) is 8.54. The lowest BCUT2D eigenvalue weighted by molar-refractivity contribution is -0.143. The van der Waals surface area contributed by atoms with Crippen molar-refractivity contribution in [2.45, 2.75) is 220 Å². The number of likely N-dealkylation sites (N-methyl/N-ethyl adjacent to an activating group) is 1. The van der Waals surface area contributed by atoms with Crippen LogP contribution in [0.3, 0.4) is 0 Å². The van der Waals surface area contributed by atoms with E-state index in [0.717, 1.165) is 37.0 Å². The first kappa shape index (κ1) is 67.3. The maximum absolute atomic E-state index is 15.1. The molecule has 1 aliphatic rings. The van der Waals surface area contributed by atoms with Gasteiger partial charge in [0.15, 0.2) is 5.78 Å². The largest absolute Gasteiger partial charge is 0.514 e. The van der Waals surface area contributed by atoms with Crippen LogP contribution in [0.4, 0.5) is 14.4 Å². The summed E-state index contributed by atoms with van der Waals surface area (Å²) < 4.78 is 22.3.